The Labute approximate surface area is 76.1 Å². The summed E-state index contributed by atoms with van der Waals surface area (Å²) in [6.07, 6.45) is 2.88. The molecule has 1 aromatic heterocycles. The highest BCUT2D eigenvalue weighted by atomic mass is 16.5. The number of hydrazone groups is 1. The molecule has 0 bridgehead atoms. The van der Waals surface area contributed by atoms with Gasteiger partial charge in [-0.1, -0.05) is 4.85 Å². The molecule has 0 unspecified atom stereocenters. The van der Waals surface area contributed by atoms with Gasteiger partial charge >= 0.3 is 0 Å². The molecule has 1 aromatic rings. The first-order valence-electron chi connectivity index (χ1n) is 3.70. The lowest BCUT2D eigenvalue weighted by molar-refractivity contribution is -0.667. The van der Waals surface area contributed by atoms with Gasteiger partial charge in [0.15, 0.2) is 0 Å². The third-order valence-corrected chi connectivity index (χ3v) is 1.14. The Morgan fingerprint density at radius 3 is 3.08 bits per heavy atom. The number of hydrogen-bond acceptors (Lipinski definition) is 4. The first-order chi connectivity index (χ1) is 6.18. The lowest BCUT2D eigenvalue weighted by Crippen LogP contribution is -2.30. The minimum Gasteiger partial charge on any atom is -0.594 e. The van der Waals surface area contributed by atoms with Crippen LogP contribution in [0.1, 0.15) is 0 Å². The van der Waals surface area contributed by atoms with Crippen molar-refractivity contribution in [2.24, 2.45) is 5.10 Å². The molecule has 0 aliphatic carbocycles. The third kappa shape index (κ3) is 3.37. The van der Waals surface area contributed by atoms with E-state index in [-0.39, 0.29) is 0 Å². The Hall–Kier alpha value is -1.85. The van der Waals surface area contributed by atoms with Crippen molar-refractivity contribution in [3.05, 3.63) is 23.5 Å². The monoisotopic (exact) mass is 181 g/mol. The first-order valence-corrected chi connectivity index (χ1v) is 3.70. The van der Waals surface area contributed by atoms with Gasteiger partial charge in [-0.15, -0.1) is 0 Å². The van der Waals surface area contributed by atoms with Gasteiger partial charge in [-0.3, -0.25) is 5.43 Å². The van der Waals surface area contributed by atoms with Crippen LogP contribution in [-0.2, 0) is 0 Å². The Morgan fingerprint density at radius 2 is 2.46 bits per heavy atom. The molecular formula is C7H11N5O. The van der Waals surface area contributed by atoms with Gasteiger partial charge in [-0.2, -0.15) is 5.10 Å². The average Bonchev–Trinajstić information content (AvgIpc) is 2.03. The standard InChI is InChI=1S/C7H11N5O/c1-11(2)6-8-9-7-4-3-5-12(13)10-7/h3-6H,1-2H3,(H,9,10)/b8-6+. The van der Waals surface area contributed by atoms with Crippen LogP contribution in [0.2, 0.25) is 0 Å². The Morgan fingerprint density at radius 1 is 1.69 bits per heavy atom. The molecule has 0 atom stereocenters. The second-order valence-electron chi connectivity index (χ2n) is 2.62. The van der Waals surface area contributed by atoms with Crippen molar-refractivity contribution < 1.29 is 4.85 Å². The summed E-state index contributed by atoms with van der Waals surface area (Å²) in [6, 6.07) is 3.24. The molecule has 0 spiro atoms. The molecule has 0 aromatic carbocycles. The van der Waals surface area contributed by atoms with Crippen LogP contribution >= 0.6 is 0 Å². The second kappa shape index (κ2) is 4.24. The molecule has 0 amide bonds. The van der Waals surface area contributed by atoms with Gasteiger partial charge in [0.25, 0.3) is 0 Å². The molecule has 0 fully saturated rings. The van der Waals surface area contributed by atoms with Crippen LogP contribution in [0, 0.1) is 5.21 Å². The van der Waals surface area contributed by atoms with Gasteiger partial charge in [0.05, 0.1) is 0 Å². The molecule has 1 N–H and O–H groups in total. The van der Waals surface area contributed by atoms with E-state index in [1.807, 2.05) is 14.1 Å². The topological polar surface area (TPSA) is 67.5 Å². The molecule has 6 heteroatoms. The van der Waals surface area contributed by atoms with E-state index in [1.54, 1.807) is 23.4 Å². The van der Waals surface area contributed by atoms with E-state index < -0.39 is 0 Å². The van der Waals surface area contributed by atoms with E-state index in [1.165, 1.54) is 6.20 Å². The number of aromatic nitrogens is 2. The maximum Gasteiger partial charge on any atom is 0.215 e. The Kier molecular flexibility index (Phi) is 3.02. The van der Waals surface area contributed by atoms with E-state index in [4.69, 9.17) is 0 Å². The zero-order chi connectivity index (χ0) is 9.68. The lowest BCUT2D eigenvalue weighted by atomic mass is 10.5. The van der Waals surface area contributed by atoms with Crippen molar-refractivity contribution in [2.45, 2.75) is 0 Å². The first kappa shape index (κ1) is 9.24. The predicted octanol–water partition coefficient (Wildman–Crippen LogP) is -0.368. The van der Waals surface area contributed by atoms with Crippen molar-refractivity contribution >= 4 is 12.2 Å². The maximum atomic E-state index is 10.7. The molecule has 6 nitrogen and oxygen atoms in total. The van der Waals surface area contributed by atoms with Gasteiger partial charge in [-0.05, 0) is 6.07 Å². The van der Waals surface area contributed by atoms with E-state index in [9.17, 15) is 5.21 Å². The quantitative estimate of drug-likeness (QED) is 0.227. The highest BCUT2D eigenvalue weighted by molar-refractivity contribution is 5.55. The SMILES string of the molecule is CN(C)/C=N/Nc1ccc[n+]([O-])n1. The Balaban J connectivity index is 2.55. The van der Waals surface area contributed by atoms with Crippen molar-refractivity contribution in [3.8, 4) is 0 Å². The molecular weight excluding hydrogens is 170 g/mol. The van der Waals surface area contributed by atoms with Crippen LogP contribution in [0.5, 0.6) is 0 Å². The van der Waals surface area contributed by atoms with Crippen LogP contribution in [0.25, 0.3) is 0 Å². The fraction of sp³-hybridized carbons (Fsp3) is 0.286. The molecule has 0 radical (unpaired) electrons. The van der Waals surface area contributed by atoms with Crippen molar-refractivity contribution in [2.75, 3.05) is 19.5 Å². The summed E-state index contributed by atoms with van der Waals surface area (Å²) in [4.78, 5) is 2.23. The zero-order valence-electron chi connectivity index (χ0n) is 7.51. The van der Waals surface area contributed by atoms with Gasteiger partial charge in [0.2, 0.25) is 12.0 Å². The molecule has 0 saturated carbocycles. The maximum absolute atomic E-state index is 10.7. The fourth-order valence-corrected chi connectivity index (χ4v) is 0.651. The molecule has 0 saturated heterocycles. The molecule has 1 heterocycles. The van der Waals surface area contributed by atoms with Crippen LogP contribution in [0.3, 0.4) is 0 Å². The molecule has 70 valence electrons. The Bertz CT molecular complexity index is 299. The zero-order valence-corrected chi connectivity index (χ0v) is 7.51. The normalized spacial score (nSPS) is 10.3. The van der Waals surface area contributed by atoms with Crippen molar-refractivity contribution in [1.82, 2.24) is 10.00 Å². The van der Waals surface area contributed by atoms with Crippen LogP contribution in [0.4, 0.5) is 5.82 Å². The second-order valence-corrected chi connectivity index (χ2v) is 2.62. The number of anilines is 1. The number of rotatable bonds is 3. The van der Waals surface area contributed by atoms with E-state index in [0.29, 0.717) is 10.7 Å². The summed E-state index contributed by atoms with van der Waals surface area (Å²) in [5.41, 5.74) is 2.61. The predicted molar refractivity (Wildman–Crippen MR) is 49.0 cm³/mol. The van der Waals surface area contributed by atoms with Gasteiger partial charge in [-0.25, -0.2) is 0 Å². The van der Waals surface area contributed by atoms with Gasteiger partial charge < -0.3 is 10.1 Å². The number of nitrogens with zero attached hydrogens (tertiary/aromatic N) is 4. The van der Waals surface area contributed by atoms with Crippen molar-refractivity contribution in [3.63, 3.8) is 0 Å². The average molecular weight is 181 g/mol. The summed E-state index contributed by atoms with van der Waals surface area (Å²) in [5.74, 6) is 0.413. The van der Waals surface area contributed by atoms with Gasteiger partial charge in [0.1, 0.15) is 6.34 Å². The summed E-state index contributed by atoms with van der Waals surface area (Å²) < 4.78 is 0. The number of hydrogen-bond donors (Lipinski definition) is 1. The van der Waals surface area contributed by atoms with Crippen LogP contribution < -0.4 is 10.3 Å². The smallest absolute Gasteiger partial charge is 0.215 e. The van der Waals surface area contributed by atoms with E-state index >= 15 is 0 Å². The highest BCUT2D eigenvalue weighted by Gasteiger charge is 1.94. The molecule has 1 rings (SSSR count). The molecule has 0 aliphatic rings. The minimum absolute atomic E-state index is 0.413. The van der Waals surface area contributed by atoms with Crippen molar-refractivity contribution in [1.29, 1.82) is 0 Å². The third-order valence-electron chi connectivity index (χ3n) is 1.14. The lowest BCUT2D eigenvalue weighted by Gasteiger charge is -2.02. The summed E-state index contributed by atoms with van der Waals surface area (Å²) in [6.45, 7) is 0. The highest BCUT2D eigenvalue weighted by Crippen LogP contribution is 1.95. The summed E-state index contributed by atoms with van der Waals surface area (Å²) >= 11 is 0. The van der Waals surface area contributed by atoms with Gasteiger partial charge in [0, 0.05) is 25.3 Å². The molecule has 0 aliphatic heterocycles. The van der Waals surface area contributed by atoms with Crippen LogP contribution in [0.15, 0.2) is 23.4 Å². The largest absolute Gasteiger partial charge is 0.594 e. The minimum atomic E-state index is 0.413. The fourth-order valence-electron chi connectivity index (χ4n) is 0.651. The van der Waals surface area contributed by atoms with E-state index in [2.05, 4.69) is 15.6 Å². The number of nitrogens with one attached hydrogen (secondary N) is 1. The van der Waals surface area contributed by atoms with Crippen LogP contribution in [-0.4, -0.2) is 30.4 Å². The van der Waals surface area contributed by atoms with E-state index in [0.717, 1.165) is 0 Å². The summed E-state index contributed by atoms with van der Waals surface area (Å²) in [5, 5.41) is 18.1. The molecule has 13 heavy (non-hydrogen) atoms. The summed E-state index contributed by atoms with van der Waals surface area (Å²) in [7, 11) is 3.69.